The second kappa shape index (κ2) is 14.8. The largest absolute Gasteiger partial charge is 0.490 e. The first-order valence-electron chi connectivity index (χ1n) is 16.0. The minimum Gasteiger partial charge on any atom is -0.490 e. The van der Waals surface area contributed by atoms with Gasteiger partial charge < -0.3 is 26.0 Å². The SMILES string of the molecule is CC(C)(C)C(CCOC(N)=O)(C[C@@H](O)c1ccc(N)cc1)c1ccc(-c2ccc(C(=O)NS(C)(=O)=O)c(OC3CCCCC3)c2)cc1. The molecule has 11 heteroatoms. The van der Waals surface area contributed by atoms with Crippen LogP contribution >= 0.6 is 0 Å². The molecular formula is C36H47N3O7S. The van der Waals surface area contributed by atoms with Gasteiger partial charge in [-0.1, -0.05) is 69.7 Å². The van der Waals surface area contributed by atoms with Gasteiger partial charge in [-0.15, -0.1) is 0 Å². The number of hydrogen-bond donors (Lipinski definition) is 4. The summed E-state index contributed by atoms with van der Waals surface area (Å²) in [6.45, 7) is 6.35. The maximum Gasteiger partial charge on any atom is 0.404 e. The fraction of sp³-hybridized carbons (Fsp3) is 0.444. The van der Waals surface area contributed by atoms with Gasteiger partial charge in [0.05, 0.1) is 30.6 Å². The van der Waals surface area contributed by atoms with Crippen molar-refractivity contribution in [2.24, 2.45) is 11.1 Å². The quantitative estimate of drug-likeness (QED) is 0.165. The molecule has 0 radical (unpaired) electrons. The number of carbonyl (C=O) groups is 2. The van der Waals surface area contributed by atoms with Gasteiger partial charge in [-0.25, -0.2) is 17.9 Å². The molecule has 4 rings (SSSR count). The van der Waals surface area contributed by atoms with E-state index in [9.17, 15) is 23.1 Å². The van der Waals surface area contributed by atoms with Crippen LogP contribution in [0.2, 0.25) is 0 Å². The Kier molecular flexibility index (Phi) is 11.2. The Morgan fingerprint density at radius 1 is 0.957 bits per heavy atom. The van der Waals surface area contributed by atoms with Crippen molar-refractivity contribution >= 4 is 27.7 Å². The van der Waals surface area contributed by atoms with E-state index in [1.165, 1.54) is 0 Å². The molecule has 0 saturated heterocycles. The highest BCUT2D eigenvalue weighted by Crippen LogP contribution is 2.50. The summed E-state index contributed by atoms with van der Waals surface area (Å²) in [6, 6.07) is 20.2. The Morgan fingerprint density at radius 2 is 1.57 bits per heavy atom. The molecule has 1 aliphatic carbocycles. The van der Waals surface area contributed by atoms with Gasteiger partial charge in [-0.2, -0.15) is 0 Å². The number of ether oxygens (including phenoxy) is 2. The molecule has 2 atom stereocenters. The van der Waals surface area contributed by atoms with Gasteiger partial charge in [0, 0.05) is 11.1 Å². The molecule has 1 fully saturated rings. The Bertz CT molecular complexity index is 1650. The van der Waals surface area contributed by atoms with Crippen LogP contribution in [0.15, 0.2) is 66.7 Å². The highest BCUT2D eigenvalue weighted by atomic mass is 32.2. The second-order valence-corrected chi connectivity index (χ2v) is 15.3. The summed E-state index contributed by atoms with van der Waals surface area (Å²) in [5, 5.41) is 11.5. The number of nitrogens with one attached hydrogen (secondary N) is 1. The molecule has 1 aliphatic rings. The van der Waals surface area contributed by atoms with Crippen molar-refractivity contribution in [1.82, 2.24) is 4.72 Å². The Morgan fingerprint density at radius 3 is 2.15 bits per heavy atom. The number of amides is 2. The number of aliphatic hydroxyl groups excluding tert-OH is 1. The standard InChI is InChI=1S/C36H47N3O7S/c1-35(2,3)36(20-21-45-34(38)42,23-31(40)25-12-17-28(37)18-13-25)27-15-10-24(11-16-27)26-14-19-30(33(41)39-47(4,43)44)32(22-26)46-29-8-6-5-7-9-29/h10-19,22,29,31,40H,5-9,20-21,23,37H2,1-4H3,(H2,38,42)(H,39,41)/t31-,36?/m1/s1. The van der Waals surface area contributed by atoms with Gasteiger partial charge in [-0.05, 0) is 90.5 Å². The maximum absolute atomic E-state index is 12.9. The lowest BCUT2D eigenvalue weighted by atomic mass is 9.58. The summed E-state index contributed by atoms with van der Waals surface area (Å²) in [5.74, 6) is -0.410. The lowest BCUT2D eigenvalue weighted by molar-refractivity contribution is 0.0508. The van der Waals surface area contributed by atoms with Gasteiger partial charge >= 0.3 is 6.09 Å². The molecule has 0 aliphatic heterocycles. The van der Waals surface area contributed by atoms with Crippen molar-refractivity contribution in [3.8, 4) is 16.9 Å². The second-order valence-electron chi connectivity index (χ2n) is 13.5. The first kappa shape index (κ1) is 35.8. The third-order valence-electron chi connectivity index (χ3n) is 9.19. The summed E-state index contributed by atoms with van der Waals surface area (Å²) >= 11 is 0. The normalized spacial score (nSPS) is 16.1. The van der Waals surface area contributed by atoms with Crippen LogP contribution in [0.4, 0.5) is 10.5 Å². The molecule has 0 heterocycles. The zero-order valence-corrected chi connectivity index (χ0v) is 28.4. The topological polar surface area (TPSA) is 171 Å². The van der Waals surface area contributed by atoms with E-state index in [-0.39, 0.29) is 23.7 Å². The van der Waals surface area contributed by atoms with Gasteiger partial charge in [0.15, 0.2) is 0 Å². The fourth-order valence-electron chi connectivity index (χ4n) is 6.52. The summed E-state index contributed by atoms with van der Waals surface area (Å²) in [7, 11) is -3.77. The van der Waals surface area contributed by atoms with E-state index < -0.39 is 33.5 Å². The van der Waals surface area contributed by atoms with E-state index in [4.69, 9.17) is 20.9 Å². The zero-order valence-electron chi connectivity index (χ0n) is 27.6. The van der Waals surface area contributed by atoms with Crippen LogP contribution in [0.25, 0.3) is 11.1 Å². The van der Waals surface area contributed by atoms with Crippen LogP contribution in [0.5, 0.6) is 5.75 Å². The molecule has 0 bridgehead atoms. The molecule has 6 N–H and O–H groups in total. The van der Waals surface area contributed by atoms with E-state index in [1.54, 1.807) is 30.3 Å². The van der Waals surface area contributed by atoms with Crippen molar-refractivity contribution in [3.05, 3.63) is 83.4 Å². The minimum absolute atomic E-state index is 0.0614. The third kappa shape index (κ3) is 9.26. The average molecular weight is 666 g/mol. The summed E-state index contributed by atoms with van der Waals surface area (Å²) in [4.78, 5) is 24.4. The van der Waals surface area contributed by atoms with E-state index in [2.05, 4.69) is 25.5 Å². The molecule has 0 aromatic heterocycles. The van der Waals surface area contributed by atoms with Gasteiger partial charge in [0.25, 0.3) is 5.91 Å². The van der Waals surface area contributed by atoms with Gasteiger partial charge in [-0.3, -0.25) is 4.79 Å². The van der Waals surface area contributed by atoms with E-state index in [0.29, 0.717) is 24.3 Å². The minimum atomic E-state index is -3.77. The summed E-state index contributed by atoms with van der Waals surface area (Å²) < 4.78 is 37.2. The fourth-order valence-corrected chi connectivity index (χ4v) is 6.97. The number of primary amides is 1. The number of nitrogens with two attached hydrogens (primary N) is 2. The predicted molar refractivity (Wildman–Crippen MR) is 183 cm³/mol. The van der Waals surface area contributed by atoms with Crippen LogP contribution in [-0.2, 0) is 20.2 Å². The summed E-state index contributed by atoms with van der Waals surface area (Å²) in [5.41, 5.74) is 14.2. The number of aliphatic hydroxyl groups is 1. The molecule has 1 saturated carbocycles. The van der Waals surface area contributed by atoms with Crippen LogP contribution in [0.3, 0.4) is 0 Å². The number of rotatable bonds is 12. The highest BCUT2D eigenvalue weighted by molar-refractivity contribution is 7.89. The molecule has 2 amide bonds. The monoisotopic (exact) mass is 665 g/mol. The van der Waals surface area contributed by atoms with Crippen LogP contribution in [0.1, 0.15) is 93.3 Å². The molecule has 1 unspecified atom stereocenters. The molecule has 10 nitrogen and oxygen atoms in total. The highest BCUT2D eigenvalue weighted by Gasteiger charge is 2.45. The lowest BCUT2D eigenvalue weighted by Gasteiger charge is -2.47. The molecule has 0 spiro atoms. The number of sulfonamides is 1. The number of nitrogen functional groups attached to an aromatic ring is 1. The summed E-state index contributed by atoms with van der Waals surface area (Å²) in [6.07, 6.45) is 4.87. The lowest BCUT2D eigenvalue weighted by Crippen LogP contribution is -2.43. The average Bonchev–Trinajstić information content (AvgIpc) is 3.00. The maximum atomic E-state index is 12.9. The van der Waals surface area contributed by atoms with Gasteiger partial charge in [0.2, 0.25) is 10.0 Å². The van der Waals surface area contributed by atoms with Crippen molar-refractivity contribution in [2.75, 3.05) is 18.6 Å². The third-order valence-corrected chi connectivity index (χ3v) is 9.75. The van der Waals surface area contributed by atoms with Gasteiger partial charge in [0.1, 0.15) is 5.75 Å². The van der Waals surface area contributed by atoms with Crippen LogP contribution < -0.4 is 20.9 Å². The zero-order chi connectivity index (χ0) is 34.4. The van der Waals surface area contributed by atoms with Crippen molar-refractivity contribution < 1.29 is 32.6 Å². The number of benzene rings is 3. The van der Waals surface area contributed by atoms with Crippen LogP contribution in [-0.4, -0.2) is 44.5 Å². The predicted octanol–water partition coefficient (Wildman–Crippen LogP) is 6.23. The van der Waals surface area contributed by atoms with Crippen LogP contribution in [0, 0.1) is 5.41 Å². The van der Waals surface area contributed by atoms with E-state index in [1.807, 2.05) is 36.4 Å². The number of hydrogen-bond acceptors (Lipinski definition) is 8. The first-order chi connectivity index (χ1) is 22.1. The molecule has 3 aromatic rings. The number of carbonyl (C=O) groups excluding carboxylic acids is 2. The van der Waals surface area contributed by atoms with E-state index >= 15 is 0 Å². The molecular weight excluding hydrogens is 618 g/mol. The van der Waals surface area contributed by atoms with Crippen molar-refractivity contribution in [3.63, 3.8) is 0 Å². The first-order valence-corrected chi connectivity index (χ1v) is 17.9. The smallest absolute Gasteiger partial charge is 0.404 e. The Labute approximate surface area is 277 Å². The molecule has 3 aromatic carbocycles. The molecule has 254 valence electrons. The van der Waals surface area contributed by atoms with Crippen molar-refractivity contribution in [2.45, 2.75) is 83.3 Å². The van der Waals surface area contributed by atoms with E-state index in [0.717, 1.165) is 60.6 Å². The Hall–Kier alpha value is -4.09. The van der Waals surface area contributed by atoms with Crippen molar-refractivity contribution in [1.29, 1.82) is 0 Å². The number of anilines is 1. The Balaban J connectivity index is 1.72. The molecule has 47 heavy (non-hydrogen) atoms.